The SMILES string of the molecule is C=CCCC(F)(F)C(Cl)=Nc1ccc(OC)cc1. The molecule has 18 heavy (non-hydrogen) atoms. The molecular formula is C13H14ClF2NO. The molecule has 0 aliphatic heterocycles. The van der Waals surface area contributed by atoms with Gasteiger partial charge in [-0.1, -0.05) is 17.7 Å². The van der Waals surface area contributed by atoms with Crippen molar-refractivity contribution in [1.29, 1.82) is 0 Å². The van der Waals surface area contributed by atoms with Crippen LogP contribution in [-0.2, 0) is 0 Å². The van der Waals surface area contributed by atoms with Gasteiger partial charge in [-0.15, -0.1) is 6.58 Å². The summed E-state index contributed by atoms with van der Waals surface area (Å²) in [7, 11) is 1.52. The second kappa shape index (κ2) is 6.50. The number of nitrogens with zero attached hydrogens (tertiary/aromatic N) is 1. The van der Waals surface area contributed by atoms with Crippen LogP contribution in [0.25, 0.3) is 0 Å². The van der Waals surface area contributed by atoms with Crippen LogP contribution in [0, 0.1) is 0 Å². The van der Waals surface area contributed by atoms with Crippen LogP contribution in [0.4, 0.5) is 14.5 Å². The summed E-state index contributed by atoms with van der Waals surface area (Å²) in [5, 5.41) is -0.713. The minimum Gasteiger partial charge on any atom is -0.497 e. The predicted molar refractivity (Wildman–Crippen MR) is 70.3 cm³/mol. The first-order valence-corrected chi connectivity index (χ1v) is 5.75. The zero-order chi connectivity index (χ0) is 13.6. The van der Waals surface area contributed by atoms with Gasteiger partial charge in [0.25, 0.3) is 0 Å². The Morgan fingerprint density at radius 3 is 2.56 bits per heavy atom. The van der Waals surface area contributed by atoms with Crippen molar-refractivity contribution in [2.45, 2.75) is 18.8 Å². The van der Waals surface area contributed by atoms with E-state index in [0.717, 1.165) is 0 Å². The Bertz CT molecular complexity index is 429. The fraction of sp³-hybridized carbons (Fsp3) is 0.308. The van der Waals surface area contributed by atoms with Gasteiger partial charge in [0, 0.05) is 6.42 Å². The van der Waals surface area contributed by atoms with Gasteiger partial charge in [0.2, 0.25) is 0 Å². The Morgan fingerprint density at radius 1 is 1.44 bits per heavy atom. The van der Waals surface area contributed by atoms with Crippen LogP contribution in [0.15, 0.2) is 41.9 Å². The molecule has 1 rings (SSSR count). The van der Waals surface area contributed by atoms with Crippen molar-refractivity contribution in [2.24, 2.45) is 4.99 Å². The van der Waals surface area contributed by atoms with Gasteiger partial charge < -0.3 is 4.74 Å². The van der Waals surface area contributed by atoms with Crippen LogP contribution < -0.4 is 4.74 Å². The molecule has 0 aliphatic carbocycles. The lowest BCUT2D eigenvalue weighted by Crippen LogP contribution is -2.23. The zero-order valence-corrected chi connectivity index (χ0v) is 10.8. The summed E-state index contributed by atoms with van der Waals surface area (Å²) in [6.07, 6.45) is 1.21. The van der Waals surface area contributed by atoms with E-state index in [9.17, 15) is 8.78 Å². The smallest absolute Gasteiger partial charge is 0.300 e. The Hall–Kier alpha value is -1.42. The minimum atomic E-state index is -3.13. The highest BCUT2D eigenvalue weighted by Gasteiger charge is 2.33. The Morgan fingerprint density at radius 2 is 2.06 bits per heavy atom. The second-order valence-corrected chi connectivity index (χ2v) is 3.99. The van der Waals surface area contributed by atoms with Gasteiger partial charge in [0.15, 0.2) is 5.17 Å². The lowest BCUT2D eigenvalue weighted by atomic mass is 10.2. The van der Waals surface area contributed by atoms with Crippen molar-refractivity contribution < 1.29 is 13.5 Å². The van der Waals surface area contributed by atoms with E-state index in [-0.39, 0.29) is 6.42 Å². The van der Waals surface area contributed by atoms with E-state index in [1.165, 1.54) is 13.2 Å². The summed E-state index contributed by atoms with van der Waals surface area (Å²) in [5.74, 6) is -2.50. The van der Waals surface area contributed by atoms with Crippen molar-refractivity contribution >= 4 is 22.5 Å². The van der Waals surface area contributed by atoms with Gasteiger partial charge in [0.05, 0.1) is 12.8 Å². The molecule has 0 aromatic heterocycles. The summed E-state index contributed by atoms with van der Waals surface area (Å²) in [4.78, 5) is 3.70. The van der Waals surface area contributed by atoms with Crippen molar-refractivity contribution in [1.82, 2.24) is 0 Å². The second-order valence-electron chi connectivity index (χ2n) is 3.63. The van der Waals surface area contributed by atoms with Crippen LogP contribution in [0.5, 0.6) is 5.75 Å². The molecule has 0 aliphatic rings. The molecule has 0 N–H and O–H groups in total. The maximum absolute atomic E-state index is 13.5. The fourth-order valence-corrected chi connectivity index (χ4v) is 1.43. The highest BCUT2D eigenvalue weighted by atomic mass is 35.5. The first kappa shape index (κ1) is 14.6. The Balaban J connectivity index is 2.83. The molecule has 5 heteroatoms. The van der Waals surface area contributed by atoms with Gasteiger partial charge in [-0.3, -0.25) is 0 Å². The number of aliphatic imine (C=N–C) groups is 1. The largest absolute Gasteiger partial charge is 0.497 e. The molecule has 1 aromatic rings. The zero-order valence-electron chi connectivity index (χ0n) is 10.00. The maximum atomic E-state index is 13.5. The molecule has 0 amide bonds. The van der Waals surface area contributed by atoms with E-state index in [1.807, 2.05) is 0 Å². The summed E-state index contributed by atoms with van der Waals surface area (Å²) in [6, 6.07) is 6.38. The molecule has 2 nitrogen and oxygen atoms in total. The third kappa shape index (κ3) is 4.11. The number of benzene rings is 1. The van der Waals surface area contributed by atoms with Crippen molar-refractivity contribution in [3.8, 4) is 5.75 Å². The summed E-state index contributed by atoms with van der Waals surface area (Å²) >= 11 is 5.55. The lowest BCUT2D eigenvalue weighted by Gasteiger charge is -2.13. The normalized spacial score (nSPS) is 12.3. The molecule has 0 bridgehead atoms. The van der Waals surface area contributed by atoms with Gasteiger partial charge in [-0.05, 0) is 30.7 Å². The number of hydrogen-bond acceptors (Lipinski definition) is 2. The van der Waals surface area contributed by atoms with E-state index in [1.54, 1.807) is 24.3 Å². The van der Waals surface area contributed by atoms with Crippen LogP contribution in [-0.4, -0.2) is 18.2 Å². The van der Waals surface area contributed by atoms with E-state index in [2.05, 4.69) is 11.6 Å². The summed E-state index contributed by atoms with van der Waals surface area (Å²) in [6.45, 7) is 3.40. The molecule has 0 saturated heterocycles. The molecule has 0 unspecified atom stereocenters. The van der Waals surface area contributed by atoms with Gasteiger partial charge >= 0.3 is 5.92 Å². The average molecular weight is 274 g/mol. The number of methoxy groups -OCH3 is 1. The summed E-state index contributed by atoms with van der Waals surface area (Å²) in [5.41, 5.74) is 0.360. The van der Waals surface area contributed by atoms with Crippen LogP contribution in [0.1, 0.15) is 12.8 Å². The monoisotopic (exact) mass is 273 g/mol. The Kier molecular flexibility index (Phi) is 5.28. The number of ether oxygens (including phenoxy) is 1. The van der Waals surface area contributed by atoms with Crippen molar-refractivity contribution in [2.75, 3.05) is 7.11 Å². The average Bonchev–Trinajstić information content (AvgIpc) is 2.37. The number of allylic oxidation sites excluding steroid dienone is 1. The predicted octanol–water partition coefficient (Wildman–Crippen LogP) is 4.57. The maximum Gasteiger partial charge on any atom is 0.300 e. The standard InChI is InChI=1S/C13H14ClF2NO/c1-3-4-9-13(15,16)12(14)17-10-5-7-11(18-2)8-6-10/h3,5-8H,1,4,9H2,2H3. The first-order chi connectivity index (χ1) is 8.49. The van der Waals surface area contributed by atoms with Crippen LogP contribution in [0.2, 0.25) is 0 Å². The van der Waals surface area contributed by atoms with Gasteiger partial charge in [0.1, 0.15) is 5.75 Å². The summed E-state index contributed by atoms with van der Waals surface area (Å²) < 4.78 is 32.0. The minimum absolute atomic E-state index is 0.182. The highest BCUT2D eigenvalue weighted by Crippen LogP contribution is 2.28. The van der Waals surface area contributed by atoms with Gasteiger partial charge in [-0.2, -0.15) is 8.78 Å². The molecular weight excluding hydrogens is 260 g/mol. The van der Waals surface area contributed by atoms with Gasteiger partial charge in [-0.25, -0.2) is 4.99 Å². The number of halogens is 3. The first-order valence-electron chi connectivity index (χ1n) is 5.37. The molecule has 98 valence electrons. The molecule has 0 fully saturated rings. The Labute approximate surface area is 110 Å². The number of hydrogen-bond donors (Lipinski definition) is 0. The van der Waals surface area contributed by atoms with E-state index < -0.39 is 17.5 Å². The van der Waals surface area contributed by atoms with Crippen LogP contribution >= 0.6 is 11.6 Å². The topological polar surface area (TPSA) is 21.6 Å². The molecule has 0 spiro atoms. The fourth-order valence-electron chi connectivity index (χ4n) is 1.24. The molecule has 1 aromatic carbocycles. The third-order valence-corrected chi connectivity index (χ3v) is 2.62. The van der Waals surface area contributed by atoms with Crippen LogP contribution in [0.3, 0.4) is 0 Å². The lowest BCUT2D eigenvalue weighted by molar-refractivity contribution is 0.0725. The molecule has 0 atom stereocenters. The van der Waals surface area contributed by atoms with Crippen molar-refractivity contribution in [3.63, 3.8) is 0 Å². The highest BCUT2D eigenvalue weighted by molar-refractivity contribution is 6.67. The third-order valence-electron chi connectivity index (χ3n) is 2.26. The van der Waals surface area contributed by atoms with Crippen molar-refractivity contribution in [3.05, 3.63) is 36.9 Å². The number of rotatable bonds is 6. The molecule has 0 heterocycles. The number of alkyl halides is 2. The quantitative estimate of drug-likeness (QED) is 0.550. The molecule has 0 radical (unpaired) electrons. The molecule has 0 saturated carbocycles. The van der Waals surface area contributed by atoms with E-state index >= 15 is 0 Å². The van der Waals surface area contributed by atoms with E-state index in [4.69, 9.17) is 16.3 Å². The van der Waals surface area contributed by atoms with E-state index in [0.29, 0.717) is 11.4 Å².